The van der Waals surface area contributed by atoms with Gasteiger partial charge in [0, 0.05) is 24.0 Å². The first-order valence-corrected chi connectivity index (χ1v) is 8.02. The van der Waals surface area contributed by atoms with Gasteiger partial charge in [-0.1, -0.05) is 27.7 Å². The number of hydrogen-bond acceptors (Lipinski definition) is 2. The summed E-state index contributed by atoms with van der Waals surface area (Å²) in [4.78, 5) is 25.3. The molecular weight excluding hydrogens is 268 g/mol. The molecule has 2 rings (SSSR count). The summed E-state index contributed by atoms with van der Waals surface area (Å²) >= 11 is 0. The van der Waals surface area contributed by atoms with Gasteiger partial charge in [-0.15, -0.1) is 0 Å². The Bertz CT molecular complexity index is 412. The fourth-order valence-corrected chi connectivity index (χ4v) is 4.14. The summed E-state index contributed by atoms with van der Waals surface area (Å²) in [7, 11) is 0. The van der Waals surface area contributed by atoms with Gasteiger partial charge in [0.2, 0.25) is 0 Å². The van der Waals surface area contributed by atoms with E-state index in [9.17, 15) is 9.59 Å². The second kappa shape index (κ2) is 5.85. The molecule has 5 heteroatoms. The van der Waals surface area contributed by atoms with E-state index in [4.69, 9.17) is 5.11 Å². The predicted molar refractivity (Wildman–Crippen MR) is 81.0 cm³/mol. The Balaban J connectivity index is 1.85. The maximum atomic E-state index is 12.4. The summed E-state index contributed by atoms with van der Waals surface area (Å²) in [5, 5.41) is 12.1. The summed E-state index contributed by atoms with van der Waals surface area (Å²) in [6.07, 6.45) is 2.87. The van der Waals surface area contributed by atoms with Gasteiger partial charge in [0.05, 0.1) is 5.92 Å². The van der Waals surface area contributed by atoms with Gasteiger partial charge < -0.3 is 15.3 Å². The van der Waals surface area contributed by atoms with Gasteiger partial charge in [0.15, 0.2) is 0 Å². The zero-order valence-corrected chi connectivity index (χ0v) is 13.6. The minimum Gasteiger partial charge on any atom is -0.481 e. The van der Waals surface area contributed by atoms with Crippen LogP contribution in [-0.2, 0) is 4.79 Å². The zero-order chi connectivity index (χ0) is 15.8. The molecule has 1 saturated carbocycles. The smallest absolute Gasteiger partial charge is 0.317 e. The Hall–Kier alpha value is -1.26. The van der Waals surface area contributed by atoms with E-state index in [0.29, 0.717) is 18.8 Å². The van der Waals surface area contributed by atoms with Crippen LogP contribution in [0.5, 0.6) is 0 Å². The summed E-state index contributed by atoms with van der Waals surface area (Å²) in [5.74, 6) is -0.490. The van der Waals surface area contributed by atoms with Crippen LogP contribution in [0.3, 0.4) is 0 Å². The lowest BCUT2D eigenvalue weighted by molar-refractivity contribution is -0.142. The van der Waals surface area contributed by atoms with Gasteiger partial charge in [-0.3, -0.25) is 4.79 Å². The van der Waals surface area contributed by atoms with E-state index in [1.54, 1.807) is 0 Å². The number of carbonyl (C=O) groups excluding carboxylic acids is 1. The SMILES string of the molecule is CC(C)C1N(C(=O)NC2CCC(C(=O)O)CC2)CC1(C)C. The number of carboxylic acids is 1. The van der Waals surface area contributed by atoms with Crippen LogP contribution >= 0.6 is 0 Å². The lowest BCUT2D eigenvalue weighted by Gasteiger charge is -2.56. The van der Waals surface area contributed by atoms with Crippen LogP contribution in [0.15, 0.2) is 0 Å². The summed E-state index contributed by atoms with van der Waals surface area (Å²) < 4.78 is 0. The van der Waals surface area contributed by atoms with E-state index < -0.39 is 5.97 Å². The first kappa shape index (κ1) is 16.1. The van der Waals surface area contributed by atoms with Gasteiger partial charge in [0.1, 0.15) is 0 Å². The number of aliphatic carboxylic acids is 1. The minimum absolute atomic E-state index is 0.0202. The molecule has 0 bridgehead atoms. The average Bonchev–Trinajstić information content (AvgIpc) is 2.36. The van der Waals surface area contributed by atoms with Crippen molar-refractivity contribution in [1.82, 2.24) is 10.2 Å². The fraction of sp³-hybridized carbons (Fsp3) is 0.875. The highest BCUT2D eigenvalue weighted by atomic mass is 16.4. The summed E-state index contributed by atoms with van der Waals surface area (Å²) in [5.41, 5.74) is 0.187. The number of rotatable bonds is 3. The van der Waals surface area contributed by atoms with Gasteiger partial charge in [-0.05, 0) is 31.6 Å². The van der Waals surface area contributed by atoms with Crippen LogP contribution in [0.1, 0.15) is 53.4 Å². The molecule has 0 aromatic rings. The van der Waals surface area contributed by atoms with Crippen molar-refractivity contribution < 1.29 is 14.7 Å². The Labute approximate surface area is 127 Å². The molecule has 2 aliphatic rings. The number of urea groups is 1. The van der Waals surface area contributed by atoms with Crippen LogP contribution in [0.25, 0.3) is 0 Å². The van der Waals surface area contributed by atoms with Crippen LogP contribution in [0.4, 0.5) is 4.79 Å². The summed E-state index contributed by atoms with van der Waals surface area (Å²) in [6.45, 7) is 9.53. The number of amides is 2. The first-order chi connectivity index (χ1) is 9.72. The molecule has 0 spiro atoms. The highest BCUT2D eigenvalue weighted by molar-refractivity contribution is 5.76. The number of carbonyl (C=O) groups is 2. The molecule has 21 heavy (non-hydrogen) atoms. The quantitative estimate of drug-likeness (QED) is 0.841. The lowest BCUT2D eigenvalue weighted by atomic mass is 9.70. The second-order valence-corrected chi connectivity index (χ2v) is 7.64. The Morgan fingerprint density at radius 2 is 1.76 bits per heavy atom. The van der Waals surface area contributed by atoms with Crippen molar-refractivity contribution in [2.75, 3.05) is 6.54 Å². The van der Waals surface area contributed by atoms with Crippen LogP contribution in [-0.4, -0.2) is 40.6 Å². The number of likely N-dealkylation sites (tertiary alicyclic amines) is 1. The minimum atomic E-state index is -0.704. The third-order valence-corrected chi connectivity index (χ3v) is 5.01. The van der Waals surface area contributed by atoms with Crippen molar-refractivity contribution in [2.24, 2.45) is 17.3 Å². The van der Waals surface area contributed by atoms with Gasteiger partial charge >= 0.3 is 12.0 Å². The van der Waals surface area contributed by atoms with Crippen LogP contribution < -0.4 is 5.32 Å². The average molecular weight is 296 g/mol. The van der Waals surface area contributed by atoms with Crippen molar-refractivity contribution in [3.63, 3.8) is 0 Å². The Morgan fingerprint density at radius 1 is 1.19 bits per heavy atom. The van der Waals surface area contributed by atoms with E-state index in [0.717, 1.165) is 19.4 Å². The normalized spacial score (nSPS) is 31.7. The molecule has 1 aliphatic carbocycles. The van der Waals surface area contributed by atoms with Crippen molar-refractivity contribution in [3.05, 3.63) is 0 Å². The zero-order valence-electron chi connectivity index (χ0n) is 13.6. The third kappa shape index (κ3) is 3.33. The third-order valence-electron chi connectivity index (χ3n) is 5.01. The van der Waals surface area contributed by atoms with Crippen LogP contribution in [0.2, 0.25) is 0 Å². The molecule has 1 unspecified atom stereocenters. The monoisotopic (exact) mass is 296 g/mol. The molecule has 0 aromatic carbocycles. The topological polar surface area (TPSA) is 69.6 Å². The maximum absolute atomic E-state index is 12.4. The summed E-state index contributed by atoms with van der Waals surface area (Å²) in [6, 6.07) is 0.435. The molecule has 1 saturated heterocycles. The number of nitrogens with one attached hydrogen (secondary N) is 1. The van der Waals surface area contributed by atoms with Gasteiger partial charge in [0.25, 0.3) is 0 Å². The highest BCUT2D eigenvalue weighted by Gasteiger charge is 2.49. The Morgan fingerprint density at radius 3 is 2.19 bits per heavy atom. The van der Waals surface area contributed by atoms with E-state index in [1.807, 2.05) is 4.90 Å². The standard InChI is InChI=1S/C16H28N2O3/c1-10(2)13-16(3,4)9-18(13)15(21)17-12-7-5-11(6-8-12)14(19)20/h10-13H,5-9H2,1-4H3,(H,17,21)(H,19,20). The van der Waals surface area contributed by atoms with Crippen LogP contribution in [0, 0.1) is 17.3 Å². The molecule has 2 amide bonds. The largest absolute Gasteiger partial charge is 0.481 e. The predicted octanol–water partition coefficient (Wildman–Crippen LogP) is 2.71. The second-order valence-electron chi connectivity index (χ2n) is 7.64. The van der Waals surface area contributed by atoms with E-state index in [1.165, 1.54) is 0 Å². The molecule has 5 nitrogen and oxygen atoms in total. The molecule has 1 aliphatic heterocycles. The maximum Gasteiger partial charge on any atom is 0.317 e. The first-order valence-electron chi connectivity index (χ1n) is 8.02. The van der Waals surface area contributed by atoms with Crippen molar-refractivity contribution in [3.8, 4) is 0 Å². The molecule has 2 fully saturated rings. The van der Waals surface area contributed by atoms with E-state index in [2.05, 4.69) is 33.0 Å². The molecule has 1 heterocycles. The van der Waals surface area contributed by atoms with Crippen molar-refractivity contribution in [2.45, 2.75) is 65.5 Å². The molecule has 120 valence electrons. The van der Waals surface area contributed by atoms with E-state index in [-0.39, 0.29) is 29.4 Å². The molecule has 1 atom stereocenters. The van der Waals surface area contributed by atoms with Crippen molar-refractivity contribution in [1.29, 1.82) is 0 Å². The Kier molecular flexibility index (Phi) is 4.49. The number of nitrogens with zero attached hydrogens (tertiary/aromatic N) is 1. The lowest BCUT2D eigenvalue weighted by Crippen LogP contribution is -2.68. The molecule has 2 N–H and O–H groups in total. The highest BCUT2D eigenvalue weighted by Crippen LogP contribution is 2.41. The molecule has 0 aromatic heterocycles. The van der Waals surface area contributed by atoms with Crippen molar-refractivity contribution >= 4 is 12.0 Å². The number of hydrogen-bond donors (Lipinski definition) is 2. The fourth-order valence-electron chi connectivity index (χ4n) is 4.14. The van der Waals surface area contributed by atoms with Gasteiger partial charge in [-0.2, -0.15) is 0 Å². The number of carboxylic acid groups (broad SMARTS) is 1. The molecule has 0 radical (unpaired) electrons. The molecular formula is C16H28N2O3. The van der Waals surface area contributed by atoms with Gasteiger partial charge in [-0.25, -0.2) is 4.79 Å². The van der Waals surface area contributed by atoms with E-state index >= 15 is 0 Å².